The van der Waals surface area contributed by atoms with Gasteiger partial charge in [0, 0.05) is 11.4 Å². The van der Waals surface area contributed by atoms with Crippen LogP contribution >= 0.6 is 0 Å². The number of hydrogen-bond donors (Lipinski definition) is 4. The molecule has 1 atom stereocenters. The van der Waals surface area contributed by atoms with E-state index < -0.39 is 0 Å². The quantitative estimate of drug-likeness (QED) is 0.109. The van der Waals surface area contributed by atoms with Gasteiger partial charge in [-0.25, -0.2) is 0 Å². The van der Waals surface area contributed by atoms with Crippen molar-refractivity contribution >= 4 is 23.5 Å². The van der Waals surface area contributed by atoms with E-state index in [-0.39, 0.29) is 0 Å². The molecule has 42 heavy (non-hydrogen) atoms. The minimum Gasteiger partial charge on any atom is -0.399 e. The van der Waals surface area contributed by atoms with E-state index in [2.05, 4.69) is 71.8 Å². The van der Waals surface area contributed by atoms with Crippen LogP contribution in [0.3, 0.4) is 0 Å². The number of hydrazine groups is 1. The van der Waals surface area contributed by atoms with Crippen LogP contribution in [0.5, 0.6) is 0 Å². The van der Waals surface area contributed by atoms with Gasteiger partial charge in [0.1, 0.15) is 0 Å². The smallest absolute Gasteiger partial charge is 0.0314 e. The average molecular weight is 571 g/mol. The Kier molecular flexibility index (Phi) is 22.8. The largest absolute Gasteiger partial charge is 0.399 e. The van der Waals surface area contributed by atoms with E-state index in [4.69, 9.17) is 11.5 Å². The molecule has 4 nitrogen and oxygen atoms in total. The van der Waals surface area contributed by atoms with Crippen LogP contribution in [0.15, 0.2) is 111 Å². The molecule has 3 aromatic carbocycles. The molecule has 0 heterocycles. The number of rotatable bonds is 3. The van der Waals surface area contributed by atoms with Crippen molar-refractivity contribution in [2.24, 2.45) is 23.0 Å². The topological polar surface area (TPSA) is 104 Å². The number of nitrogen functional groups attached to an aromatic ring is 2. The molecule has 0 amide bonds. The summed E-state index contributed by atoms with van der Waals surface area (Å²) in [6.45, 7) is 26.8. The summed E-state index contributed by atoms with van der Waals surface area (Å²) in [5.74, 6) is 8.91. The van der Waals surface area contributed by atoms with E-state index in [9.17, 15) is 0 Å². The van der Waals surface area contributed by atoms with Crippen LogP contribution in [-0.4, -0.2) is 0 Å². The van der Waals surface area contributed by atoms with Gasteiger partial charge < -0.3 is 11.5 Å². The number of hydrogen-bond acceptors (Lipinski definition) is 4. The molecule has 0 aromatic heterocycles. The summed E-state index contributed by atoms with van der Waals surface area (Å²) < 4.78 is 0. The molecule has 1 unspecified atom stereocenters. The normalized spacial score (nSPS) is 13.0. The average Bonchev–Trinajstić information content (AvgIpc) is 3.02. The van der Waals surface area contributed by atoms with Crippen LogP contribution in [0.1, 0.15) is 75.6 Å². The first kappa shape index (κ1) is 40.3. The van der Waals surface area contributed by atoms with E-state index >= 15 is 0 Å². The molecule has 3 aromatic rings. The first-order valence-electron chi connectivity index (χ1n) is 14.5. The Morgan fingerprint density at radius 2 is 1.12 bits per heavy atom. The first-order valence-corrected chi connectivity index (χ1v) is 14.5. The molecule has 0 aliphatic heterocycles. The molecule has 0 fully saturated rings. The lowest BCUT2D eigenvalue weighted by Gasteiger charge is -2.33. The molecule has 0 bridgehead atoms. The summed E-state index contributed by atoms with van der Waals surface area (Å²) in [7, 11) is 0. The molecule has 4 heteroatoms. The van der Waals surface area contributed by atoms with Crippen LogP contribution < -0.4 is 23.2 Å². The third-order valence-electron chi connectivity index (χ3n) is 6.77. The van der Waals surface area contributed by atoms with Gasteiger partial charge in [-0.2, -0.15) is 0 Å². The van der Waals surface area contributed by atoms with Crippen molar-refractivity contribution in [1.29, 1.82) is 0 Å². The Morgan fingerprint density at radius 1 is 0.738 bits per heavy atom. The molecular formula is C38H58N4. The SMILES string of the molecule is C=C.C=Cc1ccccc1C=C.CCC1=CCC(C(C)(C)C)CC1.Cc1ccc(N)cc1.Cc1ccc(N)cc1.NN. The maximum Gasteiger partial charge on any atom is 0.0314 e. The van der Waals surface area contributed by atoms with E-state index in [1.165, 1.54) is 36.8 Å². The van der Waals surface area contributed by atoms with Crippen LogP contribution in [0.25, 0.3) is 12.2 Å². The number of aryl methyl sites for hydroxylation is 2. The van der Waals surface area contributed by atoms with Crippen molar-refractivity contribution in [2.75, 3.05) is 11.5 Å². The highest BCUT2D eigenvalue weighted by molar-refractivity contribution is 5.63. The third-order valence-corrected chi connectivity index (χ3v) is 6.77. The fourth-order valence-electron chi connectivity index (χ4n) is 4.01. The van der Waals surface area contributed by atoms with Gasteiger partial charge in [0.25, 0.3) is 0 Å². The van der Waals surface area contributed by atoms with Crippen molar-refractivity contribution < 1.29 is 0 Å². The highest BCUT2D eigenvalue weighted by Gasteiger charge is 2.25. The van der Waals surface area contributed by atoms with Gasteiger partial charge in [-0.05, 0) is 86.3 Å². The first-order chi connectivity index (χ1) is 20.0. The molecule has 4 rings (SSSR count). The van der Waals surface area contributed by atoms with Crippen molar-refractivity contribution in [2.45, 2.75) is 67.2 Å². The summed E-state index contributed by atoms with van der Waals surface area (Å²) in [5.41, 5.74) is 19.5. The van der Waals surface area contributed by atoms with Crippen LogP contribution in [0.4, 0.5) is 11.4 Å². The Hall–Kier alpha value is -3.86. The standard InChI is InChI=1S/C12H22.C10H10.2C7H9N.C2H4.H4N2/c1-5-10-6-8-11(9-7-10)12(2,3)4;1-3-9-7-5-6-8-10(9)4-2;2*1-6-2-4-7(8)5-3-6;2*1-2/h6,11H,5,7-9H2,1-4H3;3-8H,1-2H2;2*2-5H,8H2,1H3;2*1-2H2. The van der Waals surface area contributed by atoms with Gasteiger partial charge in [-0.3, -0.25) is 11.7 Å². The van der Waals surface area contributed by atoms with Gasteiger partial charge in [-0.1, -0.05) is 124 Å². The number of allylic oxidation sites excluding steroid dienone is 2. The van der Waals surface area contributed by atoms with Crippen LogP contribution in [-0.2, 0) is 0 Å². The second-order valence-corrected chi connectivity index (χ2v) is 10.9. The fourth-order valence-corrected chi connectivity index (χ4v) is 4.01. The molecule has 1 aliphatic rings. The van der Waals surface area contributed by atoms with Gasteiger partial charge in [-0.15, -0.1) is 13.2 Å². The minimum atomic E-state index is 0.510. The maximum atomic E-state index is 5.43. The Bertz CT molecular complexity index is 1020. The minimum absolute atomic E-state index is 0.510. The Labute approximate surface area is 257 Å². The summed E-state index contributed by atoms with van der Waals surface area (Å²) in [6, 6.07) is 23.6. The highest BCUT2D eigenvalue weighted by atomic mass is 15.0. The number of benzene rings is 3. The molecule has 0 spiro atoms. The monoisotopic (exact) mass is 570 g/mol. The van der Waals surface area contributed by atoms with Crippen molar-refractivity contribution in [3.8, 4) is 0 Å². The van der Waals surface area contributed by atoms with Crippen molar-refractivity contribution in [3.63, 3.8) is 0 Å². The molecule has 8 N–H and O–H groups in total. The lowest BCUT2D eigenvalue weighted by molar-refractivity contribution is 0.220. The van der Waals surface area contributed by atoms with Crippen LogP contribution in [0.2, 0.25) is 0 Å². The van der Waals surface area contributed by atoms with E-state index in [1.54, 1.807) is 5.57 Å². The van der Waals surface area contributed by atoms with E-state index in [0.29, 0.717) is 5.41 Å². The van der Waals surface area contributed by atoms with Gasteiger partial charge in [0.05, 0.1) is 0 Å². The van der Waals surface area contributed by atoms with Crippen molar-refractivity contribution in [3.05, 3.63) is 133 Å². The predicted octanol–water partition coefficient (Wildman–Crippen LogP) is 9.92. The maximum absolute atomic E-state index is 5.43. The lowest BCUT2D eigenvalue weighted by atomic mass is 9.73. The molecule has 1 aliphatic carbocycles. The summed E-state index contributed by atoms with van der Waals surface area (Å²) in [4.78, 5) is 0. The Morgan fingerprint density at radius 3 is 1.36 bits per heavy atom. The van der Waals surface area contributed by atoms with Gasteiger partial charge >= 0.3 is 0 Å². The zero-order valence-electron chi connectivity index (χ0n) is 27.2. The fraction of sp³-hybridized carbons (Fsp3) is 0.316. The zero-order chi connectivity index (χ0) is 32.6. The summed E-state index contributed by atoms with van der Waals surface area (Å²) in [5, 5.41) is 0. The van der Waals surface area contributed by atoms with Gasteiger partial charge in [0.15, 0.2) is 0 Å². The highest BCUT2D eigenvalue weighted by Crippen LogP contribution is 2.37. The van der Waals surface area contributed by atoms with Gasteiger partial charge in [0.2, 0.25) is 0 Å². The van der Waals surface area contributed by atoms with Crippen LogP contribution in [0, 0.1) is 25.2 Å². The second-order valence-electron chi connectivity index (χ2n) is 10.9. The molecule has 0 saturated heterocycles. The van der Waals surface area contributed by atoms with E-state index in [0.717, 1.165) is 28.4 Å². The lowest BCUT2D eigenvalue weighted by Crippen LogP contribution is -2.22. The zero-order valence-corrected chi connectivity index (χ0v) is 27.2. The van der Waals surface area contributed by atoms with Crippen molar-refractivity contribution in [1.82, 2.24) is 0 Å². The molecule has 0 radical (unpaired) electrons. The summed E-state index contributed by atoms with van der Waals surface area (Å²) in [6.07, 6.45) is 11.5. The number of nitrogens with two attached hydrogens (primary N) is 4. The molecule has 230 valence electrons. The number of anilines is 2. The molecular weight excluding hydrogens is 512 g/mol. The predicted molar refractivity (Wildman–Crippen MR) is 193 cm³/mol. The molecule has 0 saturated carbocycles. The third kappa shape index (κ3) is 18.5. The summed E-state index contributed by atoms with van der Waals surface area (Å²) >= 11 is 0. The second kappa shape index (κ2) is 23.8. The van der Waals surface area contributed by atoms with E-state index in [1.807, 2.05) is 98.8 Å². The Balaban J connectivity index is 0.